The molecule has 0 amide bonds. The fourth-order valence-corrected chi connectivity index (χ4v) is 8.03. The predicted octanol–water partition coefficient (Wildman–Crippen LogP) is 5.20. The summed E-state index contributed by atoms with van der Waals surface area (Å²) in [7, 11) is 0. The quantitative estimate of drug-likeness (QED) is 0.299. The molecule has 0 atom stereocenters. The highest BCUT2D eigenvalue weighted by Gasteiger charge is 2.52. The standard InChI is InChI=1S/C36H22B2N2/c1-3-11-23(12-4-1)37-29-19-7-17-27-25-15-9-21-31-33(25)38-34-26(28-18-8-20-30(37)36(28)40(38)35(27)29)16-10-22-32(34)39(31)24-13-5-2-6-14-24/h1-22H. The minimum atomic E-state index is 0.136. The van der Waals surface area contributed by atoms with Crippen molar-refractivity contribution in [1.82, 2.24) is 0 Å². The molecule has 0 aliphatic carbocycles. The van der Waals surface area contributed by atoms with Gasteiger partial charge >= 0.3 is 6.85 Å². The molecular formula is C36H22B2N2. The topological polar surface area (TPSA) is 6.48 Å². The van der Waals surface area contributed by atoms with Crippen LogP contribution in [-0.2, 0) is 0 Å². The Labute approximate surface area is 234 Å². The molecule has 0 saturated carbocycles. The monoisotopic (exact) mass is 504 g/mol. The lowest BCUT2D eigenvalue weighted by Gasteiger charge is -2.52. The summed E-state index contributed by atoms with van der Waals surface area (Å²) >= 11 is 0. The summed E-state index contributed by atoms with van der Waals surface area (Å²) in [5, 5.41) is 0. The molecule has 0 fully saturated rings. The highest BCUT2D eigenvalue weighted by Crippen LogP contribution is 2.51. The van der Waals surface area contributed by atoms with Gasteiger partial charge in [0.1, 0.15) is 0 Å². The molecule has 0 unspecified atom stereocenters. The highest BCUT2D eigenvalue weighted by molar-refractivity contribution is 7.02. The Balaban J connectivity index is 1.40. The predicted molar refractivity (Wildman–Crippen MR) is 170 cm³/mol. The van der Waals surface area contributed by atoms with Crippen molar-refractivity contribution in [2.75, 3.05) is 9.71 Å². The molecular weight excluding hydrogens is 482 g/mol. The number of benzene rings is 6. The fourth-order valence-electron chi connectivity index (χ4n) is 8.03. The summed E-state index contributed by atoms with van der Waals surface area (Å²) in [6, 6.07) is 49.6. The Kier molecular flexibility index (Phi) is 3.86. The molecule has 4 heteroatoms. The maximum atomic E-state index is 2.70. The van der Waals surface area contributed by atoms with Gasteiger partial charge in [-0.1, -0.05) is 115 Å². The van der Waals surface area contributed by atoms with E-state index in [2.05, 4.69) is 143 Å². The SMILES string of the molecule is c1ccc(B2c3cccc4c3N3B5c6c-4cccc6N(c4ccccc4)c4cccc(c45)-c4cccc2c43)cc1. The van der Waals surface area contributed by atoms with Gasteiger partial charge in [0.15, 0.2) is 0 Å². The zero-order valence-electron chi connectivity index (χ0n) is 21.8. The Morgan fingerprint density at radius 2 is 0.925 bits per heavy atom. The van der Waals surface area contributed by atoms with Crippen molar-refractivity contribution < 1.29 is 0 Å². The zero-order valence-corrected chi connectivity index (χ0v) is 21.8. The van der Waals surface area contributed by atoms with Crippen molar-refractivity contribution in [2.45, 2.75) is 0 Å². The summed E-state index contributed by atoms with van der Waals surface area (Å²) in [5.74, 6) is 0. The first-order valence-electron chi connectivity index (χ1n) is 14.1. The lowest BCUT2D eigenvalue weighted by atomic mass is 9.31. The van der Waals surface area contributed by atoms with Gasteiger partial charge in [0.2, 0.25) is 6.71 Å². The van der Waals surface area contributed by atoms with E-state index < -0.39 is 0 Å². The highest BCUT2D eigenvalue weighted by atomic mass is 15.2. The van der Waals surface area contributed by atoms with E-state index in [-0.39, 0.29) is 13.6 Å². The minimum Gasteiger partial charge on any atom is -0.377 e. The van der Waals surface area contributed by atoms with Crippen molar-refractivity contribution >= 4 is 69.3 Å². The van der Waals surface area contributed by atoms with Crippen LogP contribution in [0, 0.1) is 0 Å². The third-order valence-electron chi connectivity index (χ3n) is 9.42. The van der Waals surface area contributed by atoms with Crippen LogP contribution in [0.4, 0.5) is 28.4 Å². The largest absolute Gasteiger partial charge is 0.377 e. The first kappa shape index (κ1) is 20.9. The van der Waals surface area contributed by atoms with Crippen molar-refractivity contribution in [1.29, 1.82) is 0 Å². The van der Waals surface area contributed by atoms with Crippen LogP contribution in [0.1, 0.15) is 0 Å². The Hall–Kier alpha value is -4.95. The molecule has 4 aliphatic rings. The van der Waals surface area contributed by atoms with Crippen LogP contribution in [0.15, 0.2) is 133 Å². The number of anilines is 5. The van der Waals surface area contributed by atoms with E-state index in [4.69, 9.17) is 0 Å². The average molecular weight is 504 g/mol. The van der Waals surface area contributed by atoms with Crippen LogP contribution in [0.5, 0.6) is 0 Å². The molecule has 40 heavy (non-hydrogen) atoms. The number of hydrogen-bond acceptors (Lipinski definition) is 2. The molecule has 2 nitrogen and oxygen atoms in total. The van der Waals surface area contributed by atoms with E-state index in [1.54, 1.807) is 0 Å². The second-order valence-corrected chi connectivity index (χ2v) is 11.3. The number of para-hydroxylation sites is 3. The van der Waals surface area contributed by atoms with Gasteiger partial charge in [-0.2, -0.15) is 0 Å². The first-order valence-corrected chi connectivity index (χ1v) is 14.1. The van der Waals surface area contributed by atoms with E-state index in [0.29, 0.717) is 0 Å². The van der Waals surface area contributed by atoms with Gasteiger partial charge in [-0.05, 0) is 57.2 Å². The zero-order chi connectivity index (χ0) is 25.9. The molecule has 0 radical (unpaired) electrons. The van der Waals surface area contributed by atoms with Crippen molar-refractivity contribution in [3.8, 4) is 22.3 Å². The lowest BCUT2D eigenvalue weighted by molar-refractivity contribution is 1.26. The van der Waals surface area contributed by atoms with Crippen LogP contribution < -0.4 is 37.0 Å². The summed E-state index contributed by atoms with van der Waals surface area (Å²) in [6.45, 7) is 0.331. The second-order valence-electron chi connectivity index (χ2n) is 11.3. The molecule has 0 spiro atoms. The fraction of sp³-hybridized carbons (Fsp3) is 0. The van der Waals surface area contributed by atoms with E-state index in [0.717, 1.165) is 0 Å². The average Bonchev–Trinajstić information content (AvgIpc) is 3.02. The number of hydrogen-bond donors (Lipinski definition) is 0. The van der Waals surface area contributed by atoms with E-state index >= 15 is 0 Å². The summed E-state index contributed by atoms with van der Waals surface area (Å²) in [4.78, 5) is 5.18. The summed E-state index contributed by atoms with van der Waals surface area (Å²) in [6.07, 6.45) is 0. The Morgan fingerprint density at radius 3 is 1.50 bits per heavy atom. The van der Waals surface area contributed by atoms with Gasteiger partial charge in [0, 0.05) is 39.6 Å². The molecule has 0 aromatic heterocycles. The van der Waals surface area contributed by atoms with Crippen LogP contribution >= 0.6 is 0 Å². The third kappa shape index (κ3) is 2.40. The van der Waals surface area contributed by atoms with Gasteiger partial charge in [-0.3, -0.25) is 0 Å². The molecule has 4 aliphatic heterocycles. The molecule has 6 aromatic carbocycles. The second kappa shape index (κ2) is 7.37. The van der Waals surface area contributed by atoms with Gasteiger partial charge in [0.05, 0.1) is 0 Å². The summed E-state index contributed by atoms with van der Waals surface area (Å²) < 4.78 is 0. The minimum absolute atomic E-state index is 0.136. The van der Waals surface area contributed by atoms with Crippen molar-refractivity contribution in [3.05, 3.63) is 133 Å². The first-order chi connectivity index (χ1) is 19.9. The van der Waals surface area contributed by atoms with Gasteiger partial charge < -0.3 is 9.71 Å². The molecule has 10 rings (SSSR count). The Morgan fingerprint density at radius 1 is 0.425 bits per heavy atom. The maximum absolute atomic E-state index is 2.70. The number of rotatable bonds is 2. The van der Waals surface area contributed by atoms with Crippen LogP contribution in [-0.4, -0.2) is 13.6 Å². The molecule has 4 heterocycles. The Bertz CT molecular complexity index is 1780. The lowest BCUT2D eigenvalue weighted by Crippen LogP contribution is -2.69. The molecule has 0 saturated heterocycles. The number of nitrogens with zero attached hydrogens (tertiary/aromatic N) is 2. The third-order valence-corrected chi connectivity index (χ3v) is 9.42. The maximum Gasteiger partial charge on any atom is 0.333 e. The van der Waals surface area contributed by atoms with E-state index in [1.165, 1.54) is 78.0 Å². The molecule has 0 bridgehead atoms. The van der Waals surface area contributed by atoms with Crippen molar-refractivity contribution in [3.63, 3.8) is 0 Å². The molecule has 182 valence electrons. The van der Waals surface area contributed by atoms with Crippen LogP contribution in [0.3, 0.4) is 0 Å². The molecule has 6 aromatic rings. The van der Waals surface area contributed by atoms with Gasteiger partial charge in [0.25, 0.3) is 0 Å². The van der Waals surface area contributed by atoms with E-state index in [1.807, 2.05) is 0 Å². The smallest absolute Gasteiger partial charge is 0.333 e. The van der Waals surface area contributed by atoms with Gasteiger partial charge in [-0.25, -0.2) is 0 Å². The van der Waals surface area contributed by atoms with Crippen LogP contribution in [0.25, 0.3) is 22.3 Å². The summed E-state index contributed by atoms with van der Waals surface area (Å²) in [5.41, 5.74) is 18.9. The number of fused-ring (bicyclic) bond motifs is 2. The van der Waals surface area contributed by atoms with Gasteiger partial charge in [-0.15, -0.1) is 0 Å². The normalized spacial score (nSPS) is 14.3. The molecule has 0 N–H and O–H groups in total. The van der Waals surface area contributed by atoms with E-state index in [9.17, 15) is 0 Å². The van der Waals surface area contributed by atoms with Crippen LogP contribution in [0.2, 0.25) is 0 Å². The van der Waals surface area contributed by atoms with Crippen molar-refractivity contribution in [2.24, 2.45) is 0 Å².